The summed E-state index contributed by atoms with van der Waals surface area (Å²) >= 11 is 0. The van der Waals surface area contributed by atoms with Crippen molar-refractivity contribution in [1.82, 2.24) is 0 Å². The third-order valence-corrected chi connectivity index (χ3v) is 2.51. The lowest BCUT2D eigenvalue weighted by Crippen LogP contribution is -2.10. The number of benzene rings is 1. The molecule has 3 N–H and O–H groups in total. The van der Waals surface area contributed by atoms with Crippen LogP contribution in [0.5, 0.6) is 11.5 Å². The Morgan fingerprint density at radius 1 is 1.54 bits per heavy atom. The lowest BCUT2D eigenvalue weighted by molar-refractivity contribution is 0.329. The molecule has 1 aromatic carbocycles. The summed E-state index contributed by atoms with van der Waals surface area (Å²) in [6.07, 6.45) is 0. The van der Waals surface area contributed by atoms with Crippen LogP contribution < -0.4 is 10.5 Å². The third kappa shape index (κ3) is 1.08. The summed E-state index contributed by atoms with van der Waals surface area (Å²) in [6.45, 7) is 4.23. The van der Waals surface area contributed by atoms with Gasteiger partial charge in [-0.2, -0.15) is 0 Å². The van der Waals surface area contributed by atoms with Gasteiger partial charge >= 0.3 is 0 Å². The number of hydrogen-bond donors (Lipinski definition) is 2. The van der Waals surface area contributed by atoms with Crippen LogP contribution in [0.1, 0.15) is 22.7 Å². The van der Waals surface area contributed by atoms with Crippen LogP contribution in [0, 0.1) is 13.8 Å². The highest BCUT2D eigenvalue weighted by molar-refractivity contribution is 5.55. The number of aromatic hydroxyl groups is 1. The summed E-state index contributed by atoms with van der Waals surface area (Å²) in [5.41, 5.74) is 8.49. The van der Waals surface area contributed by atoms with Crippen molar-refractivity contribution in [2.24, 2.45) is 5.73 Å². The van der Waals surface area contributed by atoms with Crippen LogP contribution in [0.15, 0.2) is 6.07 Å². The predicted octanol–water partition coefficient (Wildman–Crippen LogP) is 1.40. The van der Waals surface area contributed by atoms with E-state index in [9.17, 15) is 5.11 Å². The van der Waals surface area contributed by atoms with Gasteiger partial charge in [0.15, 0.2) is 0 Å². The van der Waals surface area contributed by atoms with Gasteiger partial charge in [-0.05, 0) is 25.5 Å². The molecule has 70 valence electrons. The highest BCUT2D eigenvalue weighted by Gasteiger charge is 2.24. The van der Waals surface area contributed by atoms with Gasteiger partial charge in [0.1, 0.15) is 18.1 Å². The highest BCUT2D eigenvalue weighted by Crippen LogP contribution is 2.40. The first-order chi connectivity index (χ1) is 6.11. The lowest BCUT2D eigenvalue weighted by atomic mass is 10.0. The Hall–Kier alpha value is -1.22. The summed E-state index contributed by atoms with van der Waals surface area (Å²) in [6, 6.07) is 1.85. The molecule has 0 fully saturated rings. The number of hydrogen-bond acceptors (Lipinski definition) is 3. The molecule has 3 nitrogen and oxygen atoms in total. The van der Waals surface area contributed by atoms with Crippen LogP contribution >= 0.6 is 0 Å². The van der Waals surface area contributed by atoms with Gasteiger partial charge in [-0.3, -0.25) is 0 Å². The van der Waals surface area contributed by atoms with Gasteiger partial charge in [-0.1, -0.05) is 0 Å². The van der Waals surface area contributed by atoms with Crippen molar-refractivity contribution in [2.75, 3.05) is 6.61 Å². The Kier molecular flexibility index (Phi) is 1.70. The molecule has 3 heteroatoms. The van der Waals surface area contributed by atoms with Gasteiger partial charge in [0.05, 0.1) is 6.04 Å². The van der Waals surface area contributed by atoms with Crippen molar-refractivity contribution >= 4 is 0 Å². The average Bonchev–Trinajstić information content (AvgIpc) is 2.45. The molecule has 2 rings (SSSR count). The van der Waals surface area contributed by atoms with E-state index in [-0.39, 0.29) is 6.04 Å². The summed E-state index contributed by atoms with van der Waals surface area (Å²) in [5, 5.41) is 9.64. The Balaban J connectivity index is 2.67. The zero-order valence-corrected chi connectivity index (χ0v) is 7.79. The number of rotatable bonds is 0. The number of aryl methyl sites for hydroxylation is 1. The third-order valence-electron chi connectivity index (χ3n) is 2.51. The van der Waals surface area contributed by atoms with Crippen molar-refractivity contribution in [1.29, 1.82) is 0 Å². The second-order valence-electron chi connectivity index (χ2n) is 3.50. The van der Waals surface area contributed by atoms with E-state index in [2.05, 4.69) is 0 Å². The molecule has 1 aromatic rings. The van der Waals surface area contributed by atoms with Gasteiger partial charge < -0.3 is 15.6 Å². The molecule has 1 aliphatic heterocycles. The maximum absolute atomic E-state index is 9.64. The molecule has 0 amide bonds. The Labute approximate surface area is 77.1 Å². The van der Waals surface area contributed by atoms with Gasteiger partial charge in [-0.15, -0.1) is 0 Å². The minimum Gasteiger partial charge on any atom is -0.507 e. The predicted molar refractivity (Wildman–Crippen MR) is 50.0 cm³/mol. The summed E-state index contributed by atoms with van der Waals surface area (Å²) < 4.78 is 5.39. The molecule has 13 heavy (non-hydrogen) atoms. The van der Waals surface area contributed by atoms with Gasteiger partial charge in [0.2, 0.25) is 0 Å². The minimum absolute atomic E-state index is 0.0481. The molecule has 0 radical (unpaired) electrons. The van der Waals surface area contributed by atoms with Crippen LogP contribution in [-0.2, 0) is 0 Å². The van der Waals surface area contributed by atoms with Crippen molar-refractivity contribution in [2.45, 2.75) is 19.9 Å². The van der Waals surface area contributed by atoms with Crippen molar-refractivity contribution in [3.63, 3.8) is 0 Å². The fraction of sp³-hybridized carbons (Fsp3) is 0.400. The van der Waals surface area contributed by atoms with Crippen LogP contribution in [0.3, 0.4) is 0 Å². The Morgan fingerprint density at radius 3 is 2.92 bits per heavy atom. The molecule has 0 bridgehead atoms. The molecule has 1 aliphatic rings. The van der Waals surface area contributed by atoms with Crippen molar-refractivity contribution in [3.05, 3.63) is 22.8 Å². The first-order valence-corrected chi connectivity index (χ1v) is 4.32. The van der Waals surface area contributed by atoms with Gasteiger partial charge in [0, 0.05) is 11.1 Å². The molecular weight excluding hydrogens is 166 g/mol. The monoisotopic (exact) mass is 179 g/mol. The van der Waals surface area contributed by atoms with E-state index in [0.717, 1.165) is 22.4 Å². The average molecular weight is 179 g/mol. The fourth-order valence-electron chi connectivity index (χ4n) is 1.72. The second kappa shape index (κ2) is 2.64. The van der Waals surface area contributed by atoms with Gasteiger partial charge in [-0.25, -0.2) is 0 Å². The molecule has 1 unspecified atom stereocenters. The molecule has 0 saturated heterocycles. The van der Waals surface area contributed by atoms with Gasteiger partial charge in [0.25, 0.3) is 0 Å². The zero-order valence-electron chi connectivity index (χ0n) is 7.79. The van der Waals surface area contributed by atoms with Crippen LogP contribution in [0.4, 0.5) is 0 Å². The van der Waals surface area contributed by atoms with E-state index in [1.54, 1.807) is 0 Å². The highest BCUT2D eigenvalue weighted by atomic mass is 16.5. The number of phenolic OH excluding ortho intramolecular Hbond substituents is 1. The summed E-state index contributed by atoms with van der Waals surface area (Å²) in [7, 11) is 0. The largest absolute Gasteiger partial charge is 0.507 e. The summed E-state index contributed by atoms with van der Waals surface area (Å²) in [5.74, 6) is 1.07. The number of phenols is 1. The second-order valence-corrected chi connectivity index (χ2v) is 3.50. The number of fused-ring (bicyclic) bond motifs is 1. The first kappa shape index (κ1) is 8.38. The first-order valence-electron chi connectivity index (χ1n) is 4.32. The SMILES string of the molecule is Cc1cc2c(c(C)c1O)OCC2N. The van der Waals surface area contributed by atoms with Crippen LogP contribution in [-0.4, -0.2) is 11.7 Å². The van der Waals surface area contributed by atoms with Crippen LogP contribution in [0.25, 0.3) is 0 Å². The smallest absolute Gasteiger partial charge is 0.130 e. The van der Waals surface area contributed by atoms with Crippen LogP contribution in [0.2, 0.25) is 0 Å². The Bertz CT molecular complexity index is 360. The number of nitrogens with two attached hydrogens (primary N) is 1. The molecule has 0 saturated carbocycles. The molecule has 0 aromatic heterocycles. The van der Waals surface area contributed by atoms with E-state index in [0.29, 0.717) is 12.4 Å². The van der Waals surface area contributed by atoms with E-state index in [1.165, 1.54) is 0 Å². The topological polar surface area (TPSA) is 55.5 Å². The maximum Gasteiger partial charge on any atom is 0.130 e. The minimum atomic E-state index is -0.0481. The fourth-order valence-corrected chi connectivity index (χ4v) is 1.72. The van der Waals surface area contributed by atoms with Crippen molar-refractivity contribution in [3.8, 4) is 11.5 Å². The normalized spacial score (nSPS) is 19.8. The molecule has 1 atom stereocenters. The summed E-state index contributed by atoms with van der Waals surface area (Å²) in [4.78, 5) is 0. The molecule has 0 aliphatic carbocycles. The standard InChI is InChI=1S/C10H13NO2/c1-5-3-7-8(11)4-13-10(7)6(2)9(5)12/h3,8,12H,4,11H2,1-2H3. The van der Waals surface area contributed by atoms with E-state index in [4.69, 9.17) is 10.5 Å². The van der Waals surface area contributed by atoms with E-state index in [1.807, 2.05) is 19.9 Å². The zero-order chi connectivity index (χ0) is 9.59. The molecule has 0 spiro atoms. The van der Waals surface area contributed by atoms with E-state index >= 15 is 0 Å². The van der Waals surface area contributed by atoms with Crippen molar-refractivity contribution < 1.29 is 9.84 Å². The quantitative estimate of drug-likeness (QED) is 0.633. The molecule has 1 heterocycles. The number of ether oxygens (including phenoxy) is 1. The Morgan fingerprint density at radius 2 is 2.23 bits per heavy atom. The molecular formula is C10H13NO2. The van der Waals surface area contributed by atoms with E-state index < -0.39 is 0 Å². The lowest BCUT2D eigenvalue weighted by Gasteiger charge is -2.08. The maximum atomic E-state index is 9.64.